The Morgan fingerprint density at radius 1 is 1.05 bits per heavy atom. The predicted molar refractivity (Wildman–Crippen MR) is 88.5 cm³/mol. The van der Waals surface area contributed by atoms with Crippen LogP contribution in [0.2, 0.25) is 0 Å². The van der Waals surface area contributed by atoms with Gasteiger partial charge in [0.05, 0.1) is 0 Å². The summed E-state index contributed by atoms with van der Waals surface area (Å²) in [6, 6.07) is 16.5. The molecule has 0 aliphatic carbocycles. The molecule has 2 bridgehead atoms. The van der Waals surface area contributed by atoms with Crippen molar-refractivity contribution in [3.63, 3.8) is 0 Å². The Morgan fingerprint density at radius 2 is 1.86 bits per heavy atom. The van der Waals surface area contributed by atoms with Gasteiger partial charge in [-0.15, -0.1) is 0 Å². The van der Waals surface area contributed by atoms with E-state index in [1.807, 2.05) is 0 Å². The normalized spacial score (nSPS) is 29.7. The molecule has 2 nitrogen and oxygen atoms in total. The Bertz CT molecular complexity index is 631. The molecule has 2 aliphatic heterocycles. The minimum atomic E-state index is 0.424. The van der Waals surface area contributed by atoms with E-state index in [4.69, 9.17) is 0 Å². The smallest absolute Gasteiger partial charge is 0.0300 e. The summed E-state index contributed by atoms with van der Waals surface area (Å²) in [5, 5.41) is 6.67. The summed E-state index contributed by atoms with van der Waals surface area (Å²) in [5.74, 6) is 0.858. The zero-order valence-electron chi connectivity index (χ0n) is 12.8. The van der Waals surface area contributed by atoms with Crippen molar-refractivity contribution in [2.75, 3.05) is 19.6 Å². The lowest BCUT2D eigenvalue weighted by Gasteiger charge is -2.33. The van der Waals surface area contributed by atoms with Gasteiger partial charge in [-0.05, 0) is 55.1 Å². The molecule has 4 unspecified atom stereocenters. The van der Waals surface area contributed by atoms with Crippen molar-refractivity contribution < 1.29 is 0 Å². The summed E-state index contributed by atoms with van der Waals surface area (Å²) in [7, 11) is 0. The van der Waals surface area contributed by atoms with Gasteiger partial charge in [0.2, 0.25) is 0 Å². The molecule has 2 aromatic carbocycles. The monoisotopic (exact) mass is 280 g/mol. The van der Waals surface area contributed by atoms with Crippen molar-refractivity contribution in [3.05, 3.63) is 48.0 Å². The third kappa shape index (κ3) is 2.47. The van der Waals surface area contributed by atoms with Gasteiger partial charge in [0.15, 0.2) is 0 Å². The molecule has 2 saturated heterocycles. The molecule has 0 spiro atoms. The standard InChI is InChI=1S/C19H24N2/c1-14(20-19-10-12-21-11-9-16(19)13-21)17-8-4-6-15-5-2-3-7-18(15)17/h2-8,14,16,19-20H,9-13H2,1H3. The topological polar surface area (TPSA) is 15.3 Å². The molecule has 4 atom stereocenters. The molecule has 0 radical (unpaired) electrons. The molecule has 2 heterocycles. The van der Waals surface area contributed by atoms with Gasteiger partial charge in [0.1, 0.15) is 0 Å². The van der Waals surface area contributed by atoms with E-state index in [9.17, 15) is 0 Å². The summed E-state index contributed by atoms with van der Waals surface area (Å²) in [6.07, 6.45) is 2.68. The molecule has 2 heteroatoms. The van der Waals surface area contributed by atoms with Crippen LogP contribution in [0, 0.1) is 5.92 Å². The summed E-state index contributed by atoms with van der Waals surface area (Å²) < 4.78 is 0. The fraction of sp³-hybridized carbons (Fsp3) is 0.474. The van der Waals surface area contributed by atoms with E-state index in [1.54, 1.807) is 0 Å². The fourth-order valence-corrected chi connectivity index (χ4v) is 4.21. The van der Waals surface area contributed by atoms with E-state index in [1.165, 1.54) is 48.8 Å². The van der Waals surface area contributed by atoms with Crippen LogP contribution in [0.4, 0.5) is 0 Å². The molecule has 0 aromatic heterocycles. The first-order chi connectivity index (χ1) is 10.3. The highest BCUT2D eigenvalue weighted by molar-refractivity contribution is 5.86. The maximum absolute atomic E-state index is 3.93. The lowest BCUT2D eigenvalue weighted by atomic mass is 9.92. The van der Waals surface area contributed by atoms with Crippen LogP contribution in [0.25, 0.3) is 10.8 Å². The second-order valence-corrected chi connectivity index (χ2v) is 6.70. The zero-order chi connectivity index (χ0) is 14.2. The van der Waals surface area contributed by atoms with Crippen LogP contribution in [0.1, 0.15) is 31.4 Å². The van der Waals surface area contributed by atoms with Gasteiger partial charge in [0, 0.05) is 18.6 Å². The van der Waals surface area contributed by atoms with Gasteiger partial charge in [-0.2, -0.15) is 0 Å². The summed E-state index contributed by atoms with van der Waals surface area (Å²) in [4.78, 5) is 2.62. The second kappa shape index (κ2) is 5.43. The summed E-state index contributed by atoms with van der Waals surface area (Å²) >= 11 is 0. The lowest BCUT2D eigenvalue weighted by Crippen LogP contribution is -2.44. The average molecular weight is 280 g/mol. The molecule has 1 N–H and O–H groups in total. The Balaban J connectivity index is 1.57. The van der Waals surface area contributed by atoms with E-state index in [0.717, 1.165) is 5.92 Å². The molecule has 2 fully saturated rings. The summed E-state index contributed by atoms with van der Waals surface area (Å²) in [5.41, 5.74) is 1.44. The molecular formula is C19H24N2. The maximum Gasteiger partial charge on any atom is 0.0300 e. The van der Waals surface area contributed by atoms with E-state index >= 15 is 0 Å². The van der Waals surface area contributed by atoms with Crippen LogP contribution in [0.5, 0.6) is 0 Å². The number of nitrogens with one attached hydrogen (secondary N) is 1. The van der Waals surface area contributed by atoms with Gasteiger partial charge in [-0.1, -0.05) is 42.5 Å². The molecule has 21 heavy (non-hydrogen) atoms. The van der Waals surface area contributed by atoms with Crippen LogP contribution in [0.15, 0.2) is 42.5 Å². The minimum absolute atomic E-state index is 0.424. The zero-order valence-corrected chi connectivity index (χ0v) is 12.8. The highest BCUT2D eigenvalue weighted by atomic mass is 15.2. The molecule has 2 aliphatic rings. The van der Waals surface area contributed by atoms with Crippen LogP contribution in [-0.4, -0.2) is 30.6 Å². The third-order valence-electron chi connectivity index (χ3n) is 5.39. The second-order valence-electron chi connectivity index (χ2n) is 6.70. The van der Waals surface area contributed by atoms with Gasteiger partial charge < -0.3 is 10.2 Å². The lowest BCUT2D eigenvalue weighted by molar-refractivity contribution is 0.212. The van der Waals surface area contributed by atoms with Crippen LogP contribution in [-0.2, 0) is 0 Å². The van der Waals surface area contributed by atoms with Crippen molar-refractivity contribution in [3.8, 4) is 0 Å². The first kappa shape index (κ1) is 13.3. The Kier molecular flexibility index (Phi) is 3.44. The maximum atomic E-state index is 3.93. The van der Waals surface area contributed by atoms with Crippen molar-refractivity contribution in [2.45, 2.75) is 31.8 Å². The van der Waals surface area contributed by atoms with Gasteiger partial charge in [-0.25, -0.2) is 0 Å². The number of piperidine rings is 1. The largest absolute Gasteiger partial charge is 0.307 e. The van der Waals surface area contributed by atoms with E-state index in [0.29, 0.717) is 12.1 Å². The average Bonchev–Trinajstić information content (AvgIpc) is 2.92. The van der Waals surface area contributed by atoms with Crippen molar-refractivity contribution in [1.29, 1.82) is 0 Å². The van der Waals surface area contributed by atoms with Crippen molar-refractivity contribution >= 4 is 10.8 Å². The van der Waals surface area contributed by atoms with Gasteiger partial charge >= 0.3 is 0 Å². The number of rotatable bonds is 3. The predicted octanol–water partition coefficient (Wildman–Crippen LogP) is 3.58. The molecule has 4 rings (SSSR count). The van der Waals surface area contributed by atoms with Gasteiger partial charge in [-0.3, -0.25) is 0 Å². The Morgan fingerprint density at radius 3 is 2.81 bits per heavy atom. The molecular weight excluding hydrogens is 256 g/mol. The fourth-order valence-electron chi connectivity index (χ4n) is 4.21. The number of hydrogen-bond donors (Lipinski definition) is 1. The number of benzene rings is 2. The number of hydrogen-bond acceptors (Lipinski definition) is 2. The molecule has 2 aromatic rings. The third-order valence-corrected chi connectivity index (χ3v) is 5.39. The van der Waals surface area contributed by atoms with E-state index in [2.05, 4.69) is 59.6 Å². The van der Waals surface area contributed by atoms with Gasteiger partial charge in [0.25, 0.3) is 0 Å². The molecule has 0 saturated carbocycles. The Hall–Kier alpha value is -1.38. The van der Waals surface area contributed by atoms with Crippen LogP contribution >= 0.6 is 0 Å². The molecule has 110 valence electrons. The first-order valence-corrected chi connectivity index (χ1v) is 8.27. The SMILES string of the molecule is CC(NC1CCN2CCC1C2)c1cccc2ccccc12. The van der Waals surface area contributed by atoms with E-state index in [-0.39, 0.29) is 0 Å². The quantitative estimate of drug-likeness (QED) is 0.924. The number of fused-ring (bicyclic) bond motifs is 3. The van der Waals surface area contributed by atoms with E-state index < -0.39 is 0 Å². The minimum Gasteiger partial charge on any atom is -0.307 e. The highest BCUT2D eigenvalue weighted by Crippen LogP contribution is 2.30. The van der Waals surface area contributed by atoms with Crippen molar-refractivity contribution in [2.24, 2.45) is 5.92 Å². The number of nitrogens with zero attached hydrogens (tertiary/aromatic N) is 1. The summed E-state index contributed by atoms with van der Waals surface area (Å²) in [6.45, 7) is 6.21. The van der Waals surface area contributed by atoms with Crippen LogP contribution < -0.4 is 5.32 Å². The highest BCUT2D eigenvalue weighted by Gasteiger charge is 2.34. The first-order valence-electron chi connectivity index (χ1n) is 8.27. The molecule has 0 amide bonds. The van der Waals surface area contributed by atoms with Crippen LogP contribution in [0.3, 0.4) is 0 Å². The van der Waals surface area contributed by atoms with Crippen molar-refractivity contribution in [1.82, 2.24) is 10.2 Å². The Labute approximate surface area is 127 Å².